The number of aliphatic carboxylic acids is 1. The van der Waals surface area contributed by atoms with E-state index in [1.807, 2.05) is 20.8 Å². The molecule has 0 spiro atoms. The summed E-state index contributed by atoms with van der Waals surface area (Å²) in [5.74, 6) is -0.307. The maximum Gasteiger partial charge on any atom is 0.327 e. The van der Waals surface area contributed by atoms with Gasteiger partial charge in [-0.3, -0.25) is 4.79 Å². The van der Waals surface area contributed by atoms with Crippen molar-refractivity contribution in [1.29, 1.82) is 0 Å². The molecule has 2 aliphatic heterocycles. The molecule has 0 saturated carbocycles. The number of fused-ring (bicyclic) bond motifs is 1. The van der Waals surface area contributed by atoms with Gasteiger partial charge in [0.15, 0.2) is 0 Å². The summed E-state index contributed by atoms with van der Waals surface area (Å²) in [6, 6.07) is -0.775. The van der Waals surface area contributed by atoms with Crippen molar-refractivity contribution in [2.24, 2.45) is 0 Å². The maximum atomic E-state index is 12.3. The minimum atomic E-state index is -0.939. The predicted molar refractivity (Wildman–Crippen MR) is 77.8 cm³/mol. The SMILES string of the molecule is CCSC1=C(Br)[C@H]2SC(C)(C)[C@H](C(=O)O)N2C1=O. The van der Waals surface area contributed by atoms with Crippen molar-refractivity contribution in [2.75, 3.05) is 5.75 Å². The second kappa shape index (κ2) is 4.76. The maximum absolute atomic E-state index is 12.3. The van der Waals surface area contributed by atoms with E-state index in [9.17, 15) is 14.7 Å². The normalized spacial score (nSPS) is 30.0. The van der Waals surface area contributed by atoms with Crippen LogP contribution in [-0.2, 0) is 9.59 Å². The average Bonchev–Trinajstić information content (AvgIpc) is 2.65. The van der Waals surface area contributed by atoms with Crippen molar-refractivity contribution >= 4 is 51.3 Å². The van der Waals surface area contributed by atoms with Crippen LogP contribution in [0.4, 0.5) is 0 Å². The number of carboxylic acids is 1. The minimum Gasteiger partial charge on any atom is -0.480 e. The molecule has 0 unspecified atom stereocenters. The van der Waals surface area contributed by atoms with Crippen LogP contribution in [0.2, 0.25) is 0 Å². The van der Waals surface area contributed by atoms with Gasteiger partial charge in [-0.1, -0.05) is 22.9 Å². The van der Waals surface area contributed by atoms with Gasteiger partial charge in [-0.2, -0.15) is 0 Å². The first-order chi connectivity index (χ1) is 8.31. The number of amides is 1. The molecule has 7 heteroatoms. The number of hydrogen-bond acceptors (Lipinski definition) is 4. The lowest BCUT2D eigenvalue weighted by Crippen LogP contribution is -2.48. The Morgan fingerprint density at radius 2 is 2.22 bits per heavy atom. The van der Waals surface area contributed by atoms with Crippen LogP contribution in [0.15, 0.2) is 9.39 Å². The average molecular weight is 352 g/mol. The van der Waals surface area contributed by atoms with Gasteiger partial charge in [0.05, 0.1) is 4.91 Å². The van der Waals surface area contributed by atoms with Gasteiger partial charge in [-0.15, -0.1) is 23.5 Å². The first-order valence-electron chi connectivity index (χ1n) is 5.57. The standard InChI is InChI=1S/C11H14BrNO3S2/c1-4-17-6-5(12)9-13(8(6)14)7(10(15)16)11(2,3)18-9/h7,9H,4H2,1-3H3,(H,15,16)/t7-,9+/m0/s1. The molecule has 0 aliphatic carbocycles. The number of carbonyl (C=O) groups is 2. The van der Waals surface area contributed by atoms with Crippen LogP contribution in [0.5, 0.6) is 0 Å². The second-order valence-corrected chi connectivity index (χ2v) is 8.50. The van der Waals surface area contributed by atoms with Crippen LogP contribution in [-0.4, -0.2) is 43.8 Å². The summed E-state index contributed by atoms with van der Waals surface area (Å²) in [6.45, 7) is 5.71. The van der Waals surface area contributed by atoms with Gasteiger partial charge in [-0.25, -0.2) is 4.79 Å². The minimum absolute atomic E-state index is 0.163. The van der Waals surface area contributed by atoms with Crippen molar-refractivity contribution in [1.82, 2.24) is 4.90 Å². The van der Waals surface area contributed by atoms with Gasteiger partial charge in [0.1, 0.15) is 11.4 Å². The van der Waals surface area contributed by atoms with Gasteiger partial charge < -0.3 is 10.0 Å². The number of hydrogen-bond donors (Lipinski definition) is 1. The quantitative estimate of drug-likeness (QED) is 0.846. The first kappa shape index (κ1) is 14.3. The Labute approximate surface area is 123 Å². The van der Waals surface area contributed by atoms with Crippen LogP contribution >= 0.6 is 39.5 Å². The molecule has 2 rings (SSSR count). The molecule has 0 aromatic carbocycles. The zero-order valence-corrected chi connectivity index (χ0v) is 13.5. The monoisotopic (exact) mass is 351 g/mol. The van der Waals surface area contributed by atoms with Crippen LogP contribution < -0.4 is 0 Å². The van der Waals surface area contributed by atoms with E-state index in [-0.39, 0.29) is 11.3 Å². The molecule has 0 bridgehead atoms. The molecule has 1 amide bonds. The van der Waals surface area contributed by atoms with E-state index in [2.05, 4.69) is 15.9 Å². The number of carbonyl (C=O) groups excluding carboxylic acids is 1. The summed E-state index contributed by atoms with van der Waals surface area (Å²) in [5.41, 5.74) is 0. The smallest absolute Gasteiger partial charge is 0.327 e. The molecule has 0 aromatic heterocycles. The fraction of sp³-hybridized carbons (Fsp3) is 0.636. The van der Waals surface area contributed by atoms with Crippen molar-refractivity contribution in [3.63, 3.8) is 0 Å². The molecule has 1 fully saturated rings. The highest BCUT2D eigenvalue weighted by Crippen LogP contribution is 2.54. The summed E-state index contributed by atoms with van der Waals surface area (Å²) in [5, 5.41) is 9.18. The number of rotatable bonds is 3. The van der Waals surface area contributed by atoms with Crippen molar-refractivity contribution in [3.8, 4) is 0 Å². The zero-order chi connectivity index (χ0) is 13.7. The highest BCUT2D eigenvalue weighted by Gasteiger charge is 2.58. The van der Waals surface area contributed by atoms with Gasteiger partial charge >= 0.3 is 5.97 Å². The number of thioether (sulfide) groups is 2. The van der Waals surface area contributed by atoms with Crippen LogP contribution in [0.3, 0.4) is 0 Å². The Balaban J connectivity index is 2.40. The Kier molecular flexibility index (Phi) is 3.77. The topological polar surface area (TPSA) is 57.6 Å². The van der Waals surface area contributed by atoms with Gasteiger partial charge in [-0.05, 0) is 19.6 Å². The van der Waals surface area contributed by atoms with Gasteiger partial charge in [0.25, 0.3) is 5.91 Å². The highest BCUT2D eigenvalue weighted by molar-refractivity contribution is 9.12. The fourth-order valence-electron chi connectivity index (χ4n) is 2.30. The third kappa shape index (κ3) is 2.00. The van der Waals surface area contributed by atoms with Crippen LogP contribution in [0.25, 0.3) is 0 Å². The van der Waals surface area contributed by atoms with Crippen molar-refractivity contribution in [2.45, 2.75) is 36.9 Å². The van der Waals surface area contributed by atoms with Crippen molar-refractivity contribution in [3.05, 3.63) is 9.39 Å². The van der Waals surface area contributed by atoms with Gasteiger partial charge in [0.2, 0.25) is 0 Å². The third-order valence-corrected chi connectivity index (χ3v) is 6.87. The van der Waals surface area contributed by atoms with Crippen molar-refractivity contribution < 1.29 is 14.7 Å². The summed E-state index contributed by atoms with van der Waals surface area (Å²) >= 11 is 6.45. The molecule has 0 aromatic rings. The molecule has 2 atom stereocenters. The summed E-state index contributed by atoms with van der Waals surface area (Å²) in [7, 11) is 0. The number of halogens is 1. The highest BCUT2D eigenvalue weighted by atomic mass is 79.9. The number of nitrogens with zero attached hydrogens (tertiary/aromatic N) is 1. The lowest BCUT2D eigenvalue weighted by atomic mass is 10.0. The van der Waals surface area contributed by atoms with E-state index >= 15 is 0 Å². The van der Waals surface area contributed by atoms with E-state index in [0.29, 0.717) is 4.91 Å². The molecule has 100 valence electrons. The molecular weight excluding hydrogens is 338 g/mol. The zero-order valence-electron chi connectivity index (χ0n) is 10.3. The molecular formula is C11H14BrNO3S2. The first-order valence-corrected chi connectivity index (χ1v) is 8.22. The van der Waals surface area contributed by atoms with E-state index in [1.165, 1.54) is 28.4 Å². The molecule has 2 aliphatic rings. The summed E-state index contributed by atoms with van der Waals surface area (Å²) in [4.78, 5) is 25.9. The predicted octanol–water partition coefficient (Wildman–Crippen LogP) is 2.49. The molecule has 1 saturated heterocycles. The van der Waals surface area contributed by atoms with E-state index < -0.39 is 16.8 Å². The fourth-order valence-corrected chi connectivity index (χ4v) is 5.63. The lowest BCUT2D eigenvalue weighted by Gasteiger charge is -2.26. The molecule has 18 heavy (non-hydrogen) atoms. The Morgan fingerprint density at radius 3 is 2.72 bits per heavy atom. The molecule has 0 radical (unpaired) electrons. The van der Waals surface area contributed by atoms with E-state index in [0.717, 1.165) is 10.2 Å². The van der Waals surface area contributed by atoms with Crippen LogP contribution in [0, 0.1) is 0 Å². The van der Waals surface area contributed by atoms with E-state index in [1.54, 1.807) is 0 Å². The third-order valence-electron chi connectivity index (χ3n) is 2.99. The molecule has 2 heterocycles. The van der Waals surface area contributed by atoms with E-state index in [4.69, 9.17) is 0 Å². The van der Waals surface area contributed by atoms with Crippen LogP contribution in [0.1, 0.15) is 20.8 Å². The second-order valence-electron chi connectivity index (χ2n) is 4.64. The Hall–Kier alpha value is -0.140. The van der Waals surface area contributed by atoms with Gasteiger partial charge in [0, 0.05) is 9.23 Å². The largest absolute Gasteiger partial charge is 0.480 e. The Bertz CT molecular complexity index is 450. The molecule has 1 N–H and O–H groups in total. The molecule has 4 nitrogen and oxygen atoms in total. The Morgan fingerprint density at radius 1 is 1.61 bits per heavy atom. The lowest BCUT2D eigenvalue weighted by molar-refractivity contribution is -0.148. The summed E-state index contributed by atoms with van der Waals surface area (Å²) < 4.78 is 0.342. The summed E-state index contributed by atoms with van der Waals surface area (Å²) in [6.07, 6.45) is 0. The number of carboxylic acid groups (broad SMARTS) is 1.